The molecule has 0 spiro atoms. The topological polar surface area (TPSA) is 9.23 Å². The first kappa shape index (κ1) is 24.5. The van der Waals surface area contributed by atoms with E-state index in [1.54, 1.807) is 0 Å². The fourth-order valence-electron chi connectivity index (χ4n) is 3.33. The van der Waals surface area contributed by atoms with Gasteiger partial charge < -0.3 is 24.8 Å². The Morgan fingerprint density at radius 3 is 2.19 bits per heavy atom. The first-order valence-electron chi connectivity index (χ1n) is 9.04. The Morgan fingerprint density at radius 2 is 1.59 bits per heavy atom. The second-order valence-electron chi connectivity index (χ2n) is 8.35. The van der Waals surface area contributed by atoms with Gasteiger partial charge in [0.1, 0.15) is 0 Å². The molecule has 0 radical (unpaired) electrons. The van der Waals surface area contributed by atoms with E-state index in [4.69, 9.17) is 3.32 Å². The third-order valence-electron chi connectivity index (χ3n) is 5.03. The second kappa shape index (κ2) is 9.76. The number of allylic oxidation sites excluding steroid dienone is 4. The molecule has 2 aromatic rings. The van der Waals surface area contributed by atoms with Crippen LogP contribution in [0.25, 0.3) is 16.3 Å². The molecule has 0 atom stereocenters. The van der Waals surface area contributed by atoms with Crippen LogP contribution in [0, 0.1) is 5.41 Å². The van der Waals surface area contributed by atoms with E-state index >= 15 is 0 Å². The monoisotopic (exact) mass is 438 g/mol. The Morgan fingerprint density at radius 1 is 0.926 bits per heavy atom. The van der Waals surface area contributed by atoms with E-state index < -0.39 is 19.5 Å². The maximum absolute atomic E-state index is 6.27. The van der Waals surface area contributed by atoms with Crippen molar-refractivity contribution in [2.24, 2.45) is 5.41 Å². The fourth-order valence-corrected chi connectivity index (χ4v) is 5.41. The van der Waals surface area contributed by atoms with Crippen molar-refractivity contribution in [2.45, 2.75) is 48.0 Å². The first-order valence-corrected chi connectivity index (χ1v) is 10.5. The van der Waals surface area contributed by atoms with Crippen molar-refractivity contribution in [3.8, 4) is 0 Å². The Hall–Kier alpha value is -0.566. The number of benzene rings is 2. The third kappa shape index (κ3) is 5.49. The zero-order chi connectivity index (χ0) is 18.2. The van der Waals surface area contributed by atoms with Crippen LogP contribution in [0.3, 0.4) is 0 Å². The maximum atomic E-state index is 6.27. The molecule has 3 rings (SSSR count). The van der Waals surface area contributed by atoms with Gasteiger partial charge in [-0.1, -0.05) is 0 Å². The van der Waals surface area contributed by atoms with Gasteiger partial charge >= 0.3 is 162 Å². The van der Waals surface area contributed by atoms with Crippen LogP contribution in [-0.4, -0.2) is 6.61 Å². The molecule has 144 valence electrons. The van der Waals surface area contributed by atoms with Crippen molar-refractivity contribution < 1.29 is 47.7 Å². The number of hydrogen-bond donors (Lipinski definition) is 0. The largest absolute Gasteiger partial charge is 1.00 e. The normalized spacial score (nSPS) is 14.1. The summed E-state index contributed by atoms with van der Waals surface area (Å²) in [6.45, 7) is 14.3. The average molecular weight is 439 g/mol. The minimum atomic E-state index is -0.639. The summed E-state index contributed by atoms with van der Waals surface area (Å²) in [5.74, 6) is 0. The molecule has 0 saturated heterocycles. The summed E-state index contributed by atoms with van der Waals surface area (Å²) in [6, 6.07) is 13.3. The first-order chi connectivity index (χ1) is 11.8. The second-order valence-corrected chi connectivity index (χ2v) is 9.90. The molecule has 0 fully saturated rings. The molecule has 2 aromatic carbocycles. The molecule has 4 heteroatoms. The van der Waals surface area contributed by atoms with Gasteiger partial charge in [0.05, 0.1) is 0 Å². The van der Waals surface area contributed by atoms with Crippen LogP contribution in [0.2, 0.25) is 0 Å². The predicted molar refractivity (Wildman–Crippen MR) is 105 cm³/mol. The number of fused-ring (bicyclic) bond motifs is 1. The number of hydrogen-bond acceptors (Lipinski definition) is 1. The molecular weight excluding hydrogens is 411 g/mol. The minimum absolute atomic E-state index is 0. The Bertz CT molecular complexity index is 876. The van der Waals surface area contributed by atoms with Crippen LogP contribution in [0.1, 0.15) is 53.5 Å². The van der Waals surface area contributed by atoms with Crippen molar-refractivity contribution in [2.75, 3.05) is 6.61 Å². The molecule has 1 aliphatic rings. The minimum Gasteiger partial charge on any atom is -1.00 e. The van der Waals surface area contributed by atoms with Gasteiger partial charge in [0, 0.05) is 0 Å². The zero-order valence-electron chi connectivity index (χ0n) is 17.0. The predicted octanol–water partition coefficient (Wildman–Crippen LogP) is 0.0469. The Labute approximate surface area is 185 Å². The van der Waals surface area contributed by atoms with Crippen molar-refractivity contribution in [3.05, 3.63) is 58.7 Å². The van der Waals surface area contributed by atoms with E-state index in [1.165, 1.54) is 42.5 Å². The summed E-state index contributed by atoms with van der Waals surface area (Å²) in [5, 5.41) is 2.69. The molecule has 27 heavy (non-hydrogen) atoms. The maximum Gasteiger partial charge on any atom is -1.00 e. The summed E-state index contributed by atoms with van der Waals surface area (Å²) in [6.07, 6.45) is 1.08. The molecule has 1 nitrogen and oxygen atoms in total. The van der Waals surface area contributed by atoms with Gasteiger partial charge in [-0.25, -0.2) is 0 Å². The van der Waals surface area contributed by atoms with Gasteiger partial charge in [0.25, 0.3) is 0 Å². The van der Waals surface area contributed by atoms with E-state index in [0.717, 1.165) is 13.0 Å². The molecule has 0 aliphatic heterocycles. The van der Waals surface area contributed by atoms with Crippen LogP contribution in [-0.2, 0) is 22.9 Å². The van der Waals surface area contributed by atoms with E-state index in [0.29, 0.717) is 0 Å². The summed E-state index contributed by atoms with van der Waals surface area (Å²) in [7, 11) is 0. The molecule has 1 aliphatic carbocycles. The fraction of sp³-hybridized carbons (Fsp3) is 0.391. The van der Waals surface area contributed by atoms with Crippen LogP contribution in [0.4, 0.5) is 0 Å². The van der Waals surface area contributed by atoms with Crippen molar-refractivity contribution in [1.82, 2.24) is 0 Å². The number of halogens is 2. The molecule has 0 heterocycles. The van der Waals surface area contributed by atoms with E-state index in [-0.39, 0.29) is 30.2 Å². The van der Waals surface area contributed by atoms with Crippen molar-refractivity contribution in [3.63, 3.8) is 0 Å². The summed E-state index contributed by atoms with van der Waals surface area (Å²) in [4.78, 5) is 0. The van der Waals surface area contributed by atoms with Crippen molar-refractivity contribution >= 4 is 20.2 Å². The van der Waals surface area contributed by atoms with E-state index in [9.17, 15) is 0 Å². The SMILES string of the molecule is CC1=C(C)C(C)=C(c2ccc3ccccc3[c]2[Ti+2][O]CC(C)(C)C)C1.[Cl-].[Cl-]. The van der Waals surface area contributed by atoms with Gasteiger partial charge in [-0.05, 0) is 0 Å². The molecule has 0 aromatic heterocycles. The van der Waals surface area contributed by atoms with E-state index in [1.807, 2.05) is 0 Å². The van der Waals surface area contributed by atoms with Crippen LogP contribution in [0.5, 0.6) is 0 Å². The molecule has 0 N–H and O–H groups in total. The van der Waals surface area contributed by atoms with Gasteiger partial charge in [-0.15, -0.1) is 0 Å². The Balaban J connectivity index is 0.00000182. The average Bonchev–Trinajstić information content (AvgIpc) is 2.81. The van der Waals surface area contributed by atoms with Crippen LogP contribution in [0.15, 0.2) is 53.1 Å². The number of rotatable bonds is 4. The van der Waals surface area contributed by atoms with Gasteiger partial charge in [-0.2, -0.15) is 0 Å². The van der Waals surface area contributed by atoms with Crippen LogP contribution >= 0.6 is 0 Å². The summed E-state index contributed by atoms with van der Waals surface area (Å²) < 4.78 is 7.73. The van der Waals surface area contributed by atoms with E-state index in [2.05, 4.69) is 77.9 Å². The summed E-state index contributed by atoms with van der Waals surface area (Å²) >= 11 is -0.639. The molecule has 0 amide bonds. The van der Waals surface area contributed by atoms with Crippen LogP contribution < -0.4 is 28.7 Å². The molecule has 0 unspecified atom stereocenters. The zero-order valence-corrected chi connectivity index (χ0v) is 20.1. The molecule has 0 saturated carbocycles. The summed E-state index contributed by atoms with van der Waals surface area (Å²) in [5.41, 5.74) is 7.55. The van der Waals surface area contributed by atoms with Gasteiger partial charge in [0.15, 0.2) is 0 Å². The van der Waals surface area contributed by atoms with Gasteiger partial charge in [-0.3, -0.25) is 0 Å². The standard InChI is InChI=1S/C18H17.C5H11O.2ClH.Ti/c1-12-10-18(14(3)13(12)2)17-9-8-15-6-4-5-7-16(15)11-17;1-5(2,3)4-6;;;/h4-9H,10H2,1-3H3;4H2,1-3H3;2*1H;/q;-1;;;+3/p-2. The van der Waals surface area contributed by atoms with Crippen molar-refractivity contribution in [1.29, 1.82) is 0 Å². The molecular formula is C23H28Cl2OTi. The third-order valence-corrected chi connectivity index (χ3v) is 6.64. The molecule has 0 bridgehead atoms. The smallest absolute Gasteiger partial charge is 1.00 e. The quantitative estimate of drug-likeness (QED) is 0.612. The Kier molecular flexibility index (Phi) is 8.85. The van der Waals surface area contributed by atoms with Gasteiger partial charge in [0.2, 0.25) is 0 Å².